The van der Waals surface area contributed by atoms with E-state index in [1.165, 1.54) is 11.3 Å². The highest BCUT2D eigenvalue weighted by Crippen LogP contribution is 2.31. The zero-order valence-corrected chi connectivity index (χ0v) is 26.2. The molecule has 1 atom stereocenters. The second-order valence-electron chi connectivity index (χ2n) is 11.0. The monoisotopic (exact) mass is 639 g/mol. The van der Waals surface area contributed by atoms with Crippen molar-refractivity contribution in [2.24, 2.45) is 4.99 Å². The van der Waals surface area contributed by atoms with Crippen LogP contribution in [0.1, 0.15) is 35.2 Å². The molecular weight excluding hydrogens is 614 g/mol. The first kappa shape index (κ1) is 29.2. The molecule has 224 valence electrons. The largest absolute Gasteiger partial charge is 0.342 e. The van der Waals surface area contributed by atoms with Crippen LogP contribution in [-0.2, 0) is 11.3 Å². The minimum Gasteiger partial charge on any atom is -0.342 e. The Balaban J connectivity index is 1.36. The number of thiazole rings is 1. The van der Waals surface area contributed by atoms with E-state index in [0.717, 1.165) is 27.6 Å². The molecule has 9 heteroatoms. The maximum atomic E-state index is 14.3. The van der Waals surface area contributed by atoms with Crippen molar-refractivity contribution >= 4 is 51.5 Å². The minimum absolute atomic E-state index is 0.243. The summed E-state index contributed by atoms with van der Waals surface area (Å²) in [5.41, 5.74) is 5.47. The first-order valence-electron chi connectivity index (χ1n) is 14.6. The van der Waals surface area contributed by atoms with Gasteiger partial charge in [-0.2, -0.15) is 5.26 Å². The molecule has 2 aromatic heterocycles. The fraction of sp³-hybridized carbons (Fsp3) is 0.0811. The van der Waals surface area contributed by atoms with Crippen LogP contribution < -0.4 is 20.2 Å². The van der Waals surface area contributed by atoms with Gasteiger partial charge in [-0.25, -0.2) is 4.99 Å². The van der Waals surface area contributed by atoms with Crippen molar-refractivity contribution in [2.45, 2.75) is 19.5 Å². The lowest BCUT2D eigenvalue weighted by molar-refractivity contribution is -0.113. The normalized spacial score (nSPS) is 14.5. The number of carbonyl (C=O) groups is 1. The van der Waals surface area contributed by atoms with Gasteiger partial charge in [-0.05, 0) is 60.5 Å². The summed E-state index contributed by atoms with van der Waals surface area (Å²) in [4.78, 5) is 33.4. The number of allylic oxidation sites excluding steroid dienone is 1. The molecule has 3 heterocycles. The topological polar surface area (TPSA) is 92.2 Å². The number of aromatic nitrogens is 2. The standard InChI is InChI=1S/C37H26ClN5O2S/c1-23-33(35(44)41-29-11-3-2-4-12-29)34(24-15-17-28(38)18-16-24)43-36(45)32(46-37(43)40-23)19-27-22-42(31-14-8-7-13-30(27)31)21-26-10-6-5-9-25(26)20-39/h2-19,22,34H,21H2,1H3,(H,41,44)/b32-19-/t34-/m1/s1. The van der Waals surface area contributed by atoms with Gasteiger partial charge >= 0.3 is 0 Å². The van der Waals surface area contributed by atoms with E-state index in [1.54, 1.807) is 23.6 Å². The van der Waals surface area contributed by atoms with E-state index in [0.29, 0.717) is 43.4 Å². The Morgan fingerprint density at radius 2 is 1.72 bits per heavy atom. The number of para-hydroxylation sites is 2. The number of benzene rings is 4. The maximum absolute atomic E-state index is 14.3. The van der Waals surface area contributed by atoms with Crippen molar-refractivity contribution in [3.8, 4) is 6.07 Å². The van der Waals surface area contributed by atoms with E-state index in [2.05, 4.69) is 16.0 Å². The van der Waals surface area contributed by atoms with Crippen LogP contribution >= 0.6 is 22.9 Å². The van der Waals surface area contributed by atoms with Crippen LogP contribution in [0.3, 0.4) is 0 Å². The van der Waals surface area contributed by atoms with Crippen molar-refractivity contribution in [3.63, 3.8) is 0 Å². The molecular formula is C37H26ClN5O2S. The summed E-state index contributed by atoms with van der Waals surface area (Å²) in [6.07, 6.45) is 3.90. The second-order valence-corrected chi connectivity index (χ2v) is 12.4. The number of nitrogens with one attached hydrogen (secondary N) is 1. The fourth-order valence-corrected chi connectivity index (χ4v) is 7.07. The molecule has 6 aromatic rings. The highest BCUT2D eigenvalue weighted by molar-refractivity contribution is 7.07. The molecule has 4 aromatic carbocycles. The van der Waals surface area contributed by atoms with Gasteiger partial charge in [0.2, 0.25) is 0 Å². The van der Waals surface area contributed by atoms with Crippen LogP contribution in [0.15, 0.2) is 130 Å². The Morgan fingerprint density at radius 1 is 1.00 bits per heavy atom. The molecule has 0 aliphatic carbocycles. The van der Waals surface area contributed by atoms with E-state index in [9.17, 15) is 14.9 Å². The van der Waals surface area contributed by atoms with Gasteiger partial charge in [-0.1, -0.05) is 89.7 Å². The summed E-state index contributed by atoms with van der Waals surface area (Å²) in [6.45, 7) is 2.31. The lowest BCUT2D eigenvalue weighted by Gasteiger charge is -2.25. The number of amides is 1. The van der Waals surface area contributed by atoms with Gasteiger partial charge in [0.15, 0.2) is 4.80 Å². The van der Waals surface area contributed by atoms with E-state index < -0.39 is 6.04 Å². The minimum atomic E-state index is -0.705. The summed E-state index contributed by atoms with van der Waals surface area (Å²) < 4.78 is 4.20. The van der Waals surface area contributed by atoms with Crippen LogP contribution in [-0.4, -0.2) is 15.0 Å². The number of carbonyl (C=O) groups excluding carboxylic acids is 1. The Kier molecular flexibility index (Phi) is 7.71. The molecule has 1 aliphatic heterocycles. The molecule has 0 fully saturated rings. The zero-order chi connectivity index (χ0) is 31.8. The van der Waals surface area contributed by atoms with Gasteiger partial charge in [0.05, 0.1) is 33.5 Å². The van der Waals surface area contributed by atoms with Crippen LogP contribution in [0.25, 0.3) is 17.0 Å². The number of hydrogen-bond acceptors (Lipinski definition) is 5. The van der Waals surface area contributed by atoms with Crippen LogP contribution in [0.5, 0.6) is 0 Å². The Hall–Kier alpha value is -5.49. The molecule has 0 radical (unpaired) electrons. The van der Waals surface area contributed by atoms with Crippen LogP contribution in [0, 0.1) is 11.3 Å². The summed E-state index contributed by atoms with van der Waals surface area (Å²) >= 11 is 7.52. The Morgan fingerprint density at radius 3 is 2.50 bits per heavy atom. The van der Waals surface area contributed by atoms with Crippen molar-refractivity contribution in [1.82, 2.24) is 9.13 Å². The summed E-state index contributed by atoms with van der Waals surface area (Å²) in [6, 6.07) is 33.5. The molecule has 1 aliphatic rings. The van der Waals surface area contributed by atoms with Gasteiger partial charge < -0.3 is 9.88 Å². The number of halogens is 1. The molecule has 0 bridgehead atoms. The van der Waals surface area contributed by atoms with Gasteiger partial charge in [-0.15, -0.1) is 0 Å². The summed E-state index contributed by atoms with van der Waals surface area (Å²) in [7, 11) is 0. The number of nitrogens with zero attached hydrogens (tertiary/aromatic N) is 4. The smallest absolute Gasteiger partial charge is 0.271 e. The average Bonchev–Trinajstić information content (AvgIpc) is 3.57. The van der Waals surface area contributed by atoms with Crippen molar-refractivity contribution in [3.05, 3.63) is 168 Å². The Labute approximate surface area is 273 Å². The third kappa shape index (κ3) is 5.36. The van der Waals surface area contributed by atoms with Crippen molar-refractivity contribution in [2.75, 3.05) is 5.32 Å². The predicted octanol–water partition coefficient (Wildman–Crippen LogP) is 6.40. The van der Waals surface area contributed by atoms with E-state index in [4.69, 9.17) is 16.6 Å². The van der Waals surface area contributed by atoms with Crippen LogP contribution in [0.4, 0.5) is 5.69 Å². The van der Waals surface area contributed by atoms with Gasteiger partial charge in [-0.3, -0.25) is 14.2 Å². The average molecular weight is 640 g/mol. The highest BCUT2D eigenvalue weighted by Gasteiger charge is 2.32. The SMILES string of the molecule is CC1=C(C(=O)Nc2ccccc2)[C@@H](c2ccc(Cl)cc2)n2c(s/c(=C\c3cn(Cc4ccccc4C#N)c4ccccc34)c2=O)=N1. The number of nitriles is 1. The van der Waals surface area contributed by atoms with Crippen molar-refractivity contribution in [1.29, 1.82) is 5.26 Å². The molecule has 1 amide bonds. The van der Waals surface area contributed by atoms with Crippen LogP contribution in [0.2, 0.25) is 5.02 Å². The number of anilines is 1. The molecule has 0 saturated carbocycles. The van der Waals surface area contributed by atoms with Gasteiger partial charge in [0.25, 0.3) is 11.5 Å². The van der Waals surface area contributed by atoms with E-state index in [1.807, 2.05) is 103 Å². The lowest BCUT2D eigenvalue weighted by Crippen LogP contribution is -2.40. The van der Waals surface area contributed by atoms with E-state index in [-0.39, 0.29) is 11.5 Å². The van der Waals surface area contributed by atoms with Crippen molar-refractivity contribution < 1.29 is 4.79 Å². The third-order valence-corrected chi connectivity index (χ3v) is 9.30. The van der Waals surface area contributed by atoms with E-state index >= 15 is 0 Å². The summed E-state index contributed by atoms with van der Waals surface area (Å²) in [5.74, 6) is -0.331. The molecule has 0 saturated heterocycles. The fourth-order valence-electron chi connectivity index (χ4n) is 5.91. The molecule has 1 N–H and O–H groups in total. The summed E-state index contributed by atoms with van der Waals surface area (Å²) in [5, 5.41) is 14.2. The number of hydrogen-bond donors (Lipinski definition) is 1. The Bertz CT molecular complexity index is 2400. The number of fused-ring (bicyclic) bond motifs is 2. The first-order valence-corrected chi connectivity index (χ1v) is 15.8. The molecule has 7 nitrogen and oxygen atoms in total. The number of rotatable bonds is 6. The van der Waals surface area contributed by atoms with Gasteiger partial charge in [0.1, 0.15) is 0 Å². The predicted molar refractivity (Wildman–Crippen MR) is 182 cm³/mol. The maximum Gasteiger partial charge on any atom is 0.271 e. The zero-order valence-electron chi connectivity index (χ0n) is 24.6. The lowest BCUT2D eigenvalue weighted by atomic mass is 9.95. The quantitative estimate of drug-likeness (QED) is 0.229. The third-order valence-electron chi connectivity index (χ3n) is 8.07. The molecule has 0 spiro atoms. The molecule has 46 heavy (non-hydrogen) atoms. The van der Waals surface area contributed by atoms with Gasteiger partial charge in [0, 0.05) is 39.9 Å². The second kappa shape index (κ2) is 12.1. The molecule has 7 rings (SSSR count). The first-order chi connectivity index (χ1) is 22.4. The molecule has 0 unspecified atom stereocenters. The highest BCUT2D eigenvalue weighted by atomic mass is 35.5.